The highest BCUT2D eigenvalue weighted by molar-refractivity contribution is 7.28. The zero-order valence-electron chi connectivity index (χ0n) is 23.2. The van der Waals surface area contributed by atoms with Gasteiger partial charge in [0, 0.05) is 53.7 Å². The number of nitrogens with zero attached hydrogens (tertiary/aromatic N) is 4. The van der Waals surface area contributed by atoms with Crippen LogP contribution in [0.4, 0.5) is 5.82 Å². The van der Waals surface area contributed by atoms with Crippen LogP contribution in [0.2, 0.25) is 0 Å². The molecule has 2 aromatic carbocycles. The number of anilines is 1. The number of carbonyl (C=O) groups is 1. The first kappa shape index (κ1) is 26.3. The molecule has 0 fully saturated rings. The van der Waals surface area contributed by atoms with E-state index in [4.69, 9.17) is 10.1 Å². The van der Waals surface area contributed by atoms with Crippen molar-refractivity contribution in [2.24, 2.45) is 0 Å². The molecule has 8 heteroatoms. The van der Waals surface area contributed by atoms with E-state index in [1.165, 1.54) is 16.7 Å². The summed E-state index contributed by atoms with van der Waals surface area (Å²) < 4.78 is 2.14. The largest absolute Gasteiger partial charge is 0.478 e. The molecule has 1 unspecified atom stereocenters. The predicted molar refractivity (Wildman–Crippen MR) is 164 cm³/mol. The van der Waals surface area contributed by atoms with Gasteiger partial charge in [0.2, 0.25) is 0 Å². The molecule has 0 saturated carbocycles. The molecule has 0 saturated heterocycles. The second-order valence-electron chi connectivity index (χ2n) is 10.3. The van der Waals surface area contributed by atoms with Gasteiger partial charge in [0.05, 0.1) is 28.2 Å². The maximum Gasteiger partial charge on any atom is 0.337 e. The van der Waals surface area contributed by atoms with Crippen molar-refractivity contribution in [3.05, 3.63) is 88.4 Å². The molecule has 1 aliphatic heterocycles. The molecular formula is C32H34N5O2P. The predicted octanol–water partition coefficient (Wildman–Crippen LogP) is 5.86. The van der Waals surface area contributed by atoms with E-state index >= 15 is 0 Å². The van der Waals surface area contributed by atoms with E-state index in [2.05, 4.69) is 68.8 Å². The Kier molecular flexibility index (Phi) is 6.93. The van der Waals surface area contributed by atoms with Crippen molar-refractivity contribution in [3.63, 3.8) is 0 Å². The fraction of sp³-hybridized carbons (Fsp3) is 0.281. The maximum atomic E-state index is 12.0. The number of pyridine rings is 1. The second-order valence-corrected chi connectivity index (χ2v) is 11.0. The Morgan fingerprint density at radius 1 is 1.07 bits per heavy atom. The van der Waals surface area contributed by atoms with Gasteiger partial charge >= 0.3 is 5.97 Å². The highest BCUT2D eigenvalue weighted by Crippen LogP contribution is 2.39. The fourth-order valence-electron chi connectivity index (χ4n) is 6.00. The summed E-state index contributed by atoms with van der Waals surface area (Å²) in [5.74, 6) is 0.0302. The molecule has 0 bridgehead atoms. The van der Waals surface area contributed by atoms with Crippen molar-refractivity contribution in [1.82, 2.24) is 19.7 Å². The van der Waals surface area contributed by atoms with Crippen LogP contribution in [-0.4, -0.2) is 37.4 Å². The topological polar surface area (TPSA) is 87.0 Å². The van der Waals surface area contributed by atoms with Crippen LogP contribution in [0.15, 0.2) is 54.9 Å². The molecule has 0 aliphatic carbocycles. The standard InChI is InChI=1S/C32H34N5O2P/c1-4-19-16-27(40)31(34-17-19)36-15-13-26-25(18-36)30(23-10-11-24(32(38)39)28-22(23)12-14-33-28)37(35-26)29-20(5-2)8-7-9-21(29)6-3/h7-12,14,16-17,33H,4-6,13,15,18,40H2,1-3H3,(H,38,39). The third-order valence-electron chi connectivity index (χ3n) is 8.08. The van der Waals surface area contributed by atoms with Crippen molar-refractivity contribution < 1.29 is 9.90 Å². The van der Waals surface area contributed by atoms with Crippen LogP contribution in [0.3, 0.4) is 0 Å². The highest BCUT2D eigenvalue weighted by atomic mass is 31.0. The third kappa shape index (κ3) is 4.29. The maximum absolute atomic E-state index is 12.0. The number of rotatable bonds is 7. The van der Waals surface area contributed by atoms with E-state index in [1.807, 2.05) is 24.5 Å². The summed E-state index contributed by atoms with van der Waals surface area (Å²) in [6.45, 7) is 8.01. The van der Waals surface area contributed by atoms with Gasteiger partial charge in [-0.2, -0.15) is 5.10 Å². The number of carboxylic acids is 1. The number of hydrogen-bond acceptors (Lipinski definition) is 4. The molecular weight excluding hydrogens is 517 g/mol. The lowest BCUT2D eigenvalue weighted by molar-refractivity contribution is 0.0699. The molecule has 0 amide bonds. The molecule has 0 radical (unpaired) electrons. The second kappa shape index (κ2) is 10.5. The SMILES string of the molecule is CCc1cnc(N2CCc3nn(-c4c(CC)cccc4CC)c(-c4ccc(C(=O)O)c5[nH]ccc45)c3C2)c(P)c1. The Balaban J connectivity index is 1.60. The first-order valence-corrected chi connectivity index (χ1v) is 14.6. The van der Waals surface area contributed by atoms with Crippen molar-refractivity contribution in [1.29, 1.82) is 0 Å². The molecule has 1 atom stereocenters. The summed E-state index contributed by atoms with van der Waals surface area (Å²) in [6, 6.07) is 14.3. The van der Waals surface area contributed by atoms with Crippen LogP contribution in [-0.2, 0) is 32.2 Å². The number of aromatic carboxylic acids is 1. The summed E-state index contributed by atoms with van der Waals surface area (Å²) >= 11 is 0. The van der Waals surface area contributed by atoms with E-state index in [0.717, 1.165) is 76.9 Å². The normalized spacial score (nSPS) is 13.2. The summed E-state index contributed by atoms with van der Waals surface area (Å²) in [6.07, 6.45) is 7.32. The molecule has 3 aromatic heterocycles. The first-order valence-electron chi connectivity index (χ1n) is 14.0. The molecule has 7 nitrogen and oxygen atoms in total. The van der Waals surface area contributed by atoms with Gasteiger partial charge in [0.1, 0.15) is 5.82 Å². The lowest BCUT2D eigenvalue weighted by atomic mass is 9.96. The van der Waals surface area contributed by atoms with Crippen LogP contribution in [0, 0.1) is 0 Å². The number of aromatic nitrogens is 4. The lowest BCUT2D eigenvalue weighted by Gasteiger charge is -2.29. The van der Waals surface area contributed by atoms with Gasteiger partial charge in [-0.15, -0.1) is 9.24 Å². The van der Waals surface area contributed by atoms with Gasteiger partial charge in [-0.1, -0.05) is 45.0 Å². The van der Waals surface area contributed by atoms with Crippen molar-refractivity contribution in [3.8, 4) is 16.9 Å². The minimum Gasteiger partial charge on any atom is -0.478 e. The van der Waals surface area contributed by atoms with Crippen molar-refractivity contribution in [2.75, 3.05) is 11.4 Å². The number of hydrogen-bond donors (Lipinski definition) is 2. The van der Waals surface area contributed by atoms with Gasteiger partial charge in [0.25, 0.3) is 0 Å². The average molecular weight is 552 g/mol. The Labute approximate surface area is 236 Å². The zero-order chi connectivity index (χ0) is 28.0. The molecule has 2 N–H and O–H groups in total. The summed E-state index contributed by atoms with van der Waals surface area (Å²) in [5, 5.41) is 17.1. The molecule has 1 aliphatic rings. The van der Waals surface area contributed by atoms with Crippen LogP contribution < -0.4 is 10.2 Å². The summed E-state index contributed by atoms with van der Waals surface area (Å²) in [7, 11) is 2.86. The third-order valence-corrected chi connectivity index (χ3v) is 8.50. The van der Waals surface area contributed by atoms with E-state index in [0.29, 0.717) is 12.1 Å². The minimum absolute atomic E-state index is 0.265. The Hall–Kier alpha value is -3.96. The summed E-state index contributed by atoms with van der Waals surface area (Å²) in [5.41, 5.74) is 9.98. The highest BCUT2D eigenvalue weighted by Gasteiger charge is 2.30. The van der Waals surface area contributed by atoms with Gasteiger partial charge in [-0.3, -0.25) is 0 Å². The van der Waals surface area contributed by atoms with Crippen LogP contribution >= 0.6 is 9.24 Å². The molecule has 40 heavy (non-hydrogen) atoms. The number of H-pyrrole nitrogens is 1. The number of para-hydroxylation sites is 1. The van der Waals surface area contributed by atoms with Crippen LogP contribution in [0.1, 0.15) is 59.1 Å². The van der Waals surface area contributed by atoms with E-state index < -0.39 is 5.97 Å². The van der Waals surface area contributed by atoms with Crippen molar-refractivity contribution >= 4 is 37.2 Å². The minimum atomic E-state index is -0.945. The van der Waals surface area contributed by atoms with E-state index in [-0.39, 0.29) is 5.56 Å². The van der Waals surface area contributed by atoms with Crippen LogP contribution in [0.5, 0.6) is 0 Å². The van der Waals surface area contributed by atoms with Gasteiger partial charge in [-0.05, 0) is 54.2 Å². The fourth-order valence-corrected chi connectivity index (χ4v) is 6.47. The Morgan fingerprint density at radius 3 is 2.52 bits per heavy atom. The average Bonchev–Trinajstić information content (AvgIpc) is 3.61. The number of benzene rings is 2. The molecule has 0 spiro atoms. The monoisotopic (exact) mass is 551 g/mol. The van der Waals surface area contributed by atoms with E-state index in [1.54, 1.807) is 6.07 Å². The smallest absolute Gasteiger partial charge is 0.337 e. The Morgan fingerprint density at radius 2 is 1.85 bits per heavy atom. The lowest BCUT2D eigenvalue weighted by Crippen LogP contribution is -2.33. The zero-order valence-corrected chi connectivity index (χ0v) is 24.3. The van der Waals surface area contributed by atoms with Crippen LogP contribution in [0.25, 0.3) is 27.8 Å². The quantitative estimate of drug-likeness (QED) is 0.247. The number of aromatic amines is 1. The number of fused-ring (bicyclic) bond motifs is 2. The molecule has 6 rings (SSSR count). The first-order chi connectivity index (χ1) is 19.4. The number of nitrogens with one attached hydrogen (secondary N) is 1. The molecule has 4 heterocycles. The van der Waals surface area contributed by atoms with Crippen molar-refractivity contribution in [2.45, 2.75) is 53.0 Å². The van der Waals surface area contributed by atoms with Gasteiger partial charge < -0.3 is 15.0 Å². The molecule has 204 valence electrons. The number of aryl methyl sites for hydroxylation is 3. The van der Waals surface area contributed by atoms with Gasteiger partial charge in [0.15, 0.2) is 0 Å². The Bertz CT molecular complexity index is 1730. The van der Waals surface area contributed by atoms with Gasteiger partial charge in [-0.25, -0.2) is 14.5 Å². The number of carboxylic acid groups (broad SMARTS) is 1. The summed E-state index contributed by atoms with van der Waals surface area (Å²) in [4.78, 5) is 22.4. The van der Waals surface area contributed by atoms with E-state index in [9.17, 15) is 9.90 Å². The molecule has 5 aromatic rings.